The topological polar surface area (TPSA) is 47.6 Å². The zero-order valence-corrected chi connectivity index (χ0v) is 17.3. The normalized spacial score (nSPS) is 15.1. The van der Waals surface area contributed by atoms with Crippen LogP contribution in [0, 0.1) is 13.8 Å². The van der Waals surface area contributed by atoms with Gasteiger partial charge >= 0.3 is 0 Å². The number of carbonyl (C=O) groups is 1. The zero-order valence-electron chi connectivity index (χ0n) is 14.9. The molecule has 1 aliphatic heterocycles. The van der Waals surface area contributed by atoms with Crippen LogP contribution in [-0.4, -0.2) is 23.4 Å². The van der Waals surface area contributed by atoms with Gasteiger partial charge in [-0.25, -0.2) is 0 Å². The quantitative estimate of drug-likeness (QED) is 0.410. The Balaban J connectivity index is 1.67. The molecule has 27 heavy (non-hydrogen) atoms. The molecule has 140 valence electrons. The van der Waals surface area contributed by atoms with E-state index in [1.807, 2.05) is 26.0 Å². The molecule has 4 nitrogen and oxygen atoms in total. The standard InChI is InChI=1S/C20H18ClNO3S2/c1-12-3-4-13(2)17(9-12)25-8-7-24-16-6-5-15(21)10-14(16)11-18-19(23)22-20(26)27-18/h3-6,9-11H,7-8H2,1-2H3,(H,22,23,26)/b18-11-. The Labute approximate surface area is 172 Å². The lowest BCUT2D eigenvalue weighted by atomic mass is 10.1. The summed E-state index contributed by atoms with van der Waals surface area (Å²) in [7, 11) is 0. The van der Waals surface area contributed by atoms with E-state index in [9.17, 15) is 4.79 Å². The molecule has 0 bridgehead atoms. The number of carbonyl (C=O) groups excluding carboxylic acids is 1. The van der Waals surface area contributed by atoms with Crippen molar-refractivity contribution >= 4 is 51.9 Å². The van der Waals surface area contributed by atoms with Gasteiger partial charge in [0.2, 0.25) is 0 Å². The molecule has 1 heterocycles. The number of aryl methyl sites for hydroxylation is 2. The maximum atomic E-state index is 11.9. The fourth-order valence-corrected chi connectivity index (χ4v) is 3.71. The van der Waals surface area contributed by atoms with Gasteiger partial charge in [-0.05, 0) is 55.3 Å². The second-order valence-corrected chi connectivity index (χ2v) is 8.16. The molecule has 1 saturated heterocycles. The summed E-state index contributed by atoms with van der Waals surface area (Å²) in [5, 5.41) is 3.16. The lowest BCUT2D eigenvalue weighted by Crippen LogP contribution is -2.17. The van der Waals surface area contributed by atoms with Crippen molar-refractivity contribution in [1.82, 2.24) is 5.32 Å². The molecule has 3 rings (SSSR count). The van der Waals surface area contributed by atoms with E-state index in [1.165, 1.54) is 11.8 Å². The smallest absolute Gasteiger partial charge is 0.263 e. The summed E-state index contributed by atoms with van der Waals surface area (Å²) in [6, 6.07) is 11.4. The van der Waals surface area contributed by atoms with E-state index in [0.717, 1.165) is 22.4 Å². The first-order chi connectivity index (χ1) is 12.9. The average molecular weight is 420 g/mol. The molecule has 0 aliphatic carbocycles. The summed E-state index contributed by atoms with van der Waals surface area (Å²) in [6.07, 6.45) is 1.73. The van der Waals surface area contributed by atoms with E-state index in [1.54, 1.807) is 24.3 Å². The van der Waals surface area contributed by atoms with E-state index in [0.29, 0.717) is 33.2 Å². The summed E-state index contributed by atoms with van der Waals surface area (Å²) >= 11 is 12.3. The Morgan fingerprint density at radius 2 is 1.85 bits per heavy atom. The van der Waals surface area contributed by atoms with Gasteiger partial charge in [-0.3, -0.25) is 4.79 Å². The van der Waals surface area contributed by atoms with Crippen LogP contribution in [0.3, 0.4) is 0 Å². The largest absolute Gasteiger partial charge is 0.490 e. The minimum Gasteiger partial charge on any atom is -0.490 e. The summed E-state index contributed by atoms with van der Waals surface area (Å²) in [6.45, 7) is 4.80. The molecular formula is C20H18ClNO3S2. The van der Waals surface area contributed by atoms with Crippen molar-refractivity contribution in [3.05, 3.63) is 63.0 Å². The van der Waals surface area contributed by atoms with E-state index in [4.69, 9.17) is 33.3 Å². The molecule has 1 amide bonds. The van der Waals surface area contributed by atoms with Crippen LogP contribution in [0.1, 0.15) is 16.7 Å². The van der Waals surface area contributed by atoms with E-state index in [-0.39, 0.29) is 5.91 Å². The lowest BCUT2D eigenvalue weighted by molar-refractivity contribution is -0.115. The minimum atomic E-state index is -0.214. The van der Waals surface area contributed by atoms with Gasteiger partial charge in [0.15, 0.2) is 0 Å². The first kappa shape index (κ1) is 19.7. The highest BCUT2D eigenvalue weighted by atomic mass is 35.5. The number of nitrogens with one attached hydrogen (secondary N) is 1. The van der Waals surface area contributed by atoms with Gasteiger partial charge in [0.05, 0.1) is 4.91 Å². The lowest BCUT2D eigenvalue weighted by Gasteiger charge is -2.13. The van der Waals surface area contributed by atoms with Gasteiger partial charge in [-0.1, -0.05) is 47.7 Å². The number of amides is 1. The average Bonchev–Trinajstić information content (AvgIpc) is 2.93. The molecule has 1 N–H and O–H groups in total. The molecule has 0 atom stereocenters. The maximum absolute atomic E-state index is 11.9. The van der Waals surface area contributed by atoms with Crippen LogP contribution in [0.2, 0.25) is 5.02 Å². The second-order valence-electron chi connectivity index (χ2n) is 6.00. The Bertz CT molecular complexity index is 927. The SMILES string of the molecule is Cc1ccc(C)c(OCCOc2ccc(Cl)cc2/C=C2\SC(=S)NC2=O)c1. The Morgan fingerprint density at radius 1 is 1.11 bits per heavy atom. The number of thiocarbonyl (C=S) groups is 1. The number of rotatable bonds is 6. The first-order valence-electron chi connectivity index (χ1n) is 8.29. The number of hydrogen-bond donors (Lipinski definition) is 1. The highest BCUT2D eigenvalue weighted by Gasteiger charge is 2.22. The van der Waals surface area contributed by atoms with Crippen LogP contribution in [-0.2, 0) is 4.79 Å². The molecule has 0 aromatic heterocycles. The minimum absolute atomic E-state index is 0.214. The highest BCUT2D eigenvalue weighted by molar-refractivity contribution is 8.26. The number of thioether (sulfide) groups is 1. The van der Waals surface area contributed by atoms with E-state index in [2.05, 4.69) is 11.4 Å². The van der Waals surface area contributed by atoms with Crippen LogP contribution in [0.5, 0.6) is 11.5 Å². The molecule has 7 heteroatoms. The number of ether oxygens (including phenoxy) is 2. The summed E-state index contributed by atoms with van der Waals surface area (Å²) < 4.78 is 12.1. The molecular weight excluding hydrogens is 402 g/mol. The van der Waals surface area contributed by atoms with Gasteiger partial charge < -0.3 is 14.8 Å². The van der Waals surface area contributed by atoms with Gasteiger partial charge in [-0.15, -0.1) is 0 Å². The van der Waals surface area contributed by atoms with Crippen molar-refractivity contribution in [2.45, 2.75) is 13.8 Å². The summed E-state index contributed by atoms with van der Waals surface area (Å²) in [5.74, 6) is 1.27. The molecule has 1 aliphatic rings. The summed E-state index contributed by atoms with van der Waals surface area (Å²) in [4.78, 5) is 12.4. The fraction of sp³-hybridized carbons (Fsp3) is 0.200. The molecule has 0 spiro atoms. The van der Waals surface area contributed by atoms with E-state index >= 15 is 0 Å². The Hall–Kier alpha value is -2.02. The zero-order chi connectivity index (χ0) is 19.4. The molecule has 2 aromatic carbocycles. The molecule has 0 saturated carbocycles. The third-order valence-corrected chi connectivity index (χ3v) is 5.24. The van der Waals surface area contributed by atoms with Crippen molar-refractivity contribution < 1.29 is 14.3 Å². The van der Waals surface area contributed by atoms with Gasteiger partial charge in [0, 0.05) is 10.6 Å². The number of benzene rings is 2. The Morgan fingerprint density at radius 3 is 2.56 bits per heavy atom. The second kappa shape index (κ2) is 8.78. The van der Waals surface area contributed by atoms with Crippen LogP contribution in [0.25, 0.3) is 6.08 Å². The summed E-state index contributed by atoms with van der Waals surface area (Å²) in [5.41, 5.74) is 2.95. The molecule has 2 aromatic rings. The third kappa shape index (κ3) is 5.25. The molecule has 0 unspecified atom stereocenters. The fourth-order valence-electron chi connectivity index (χ4n) is 2.49. The first-order valence-corrected chi connectivity index (χ1v) is 9.90. The van der Waals surface area contributed by atoms with Gasteiger partial charge in [0.25, 0.3) is 5.91 Å². The van der Waals surface area contributed by atoms with Crippen LogP contribution in [0.4, 0.5) is 0 Å². The Kier molecular flexibility index (Phi) is 6.42. The molecule has 0 radical (unpaired) electrons. The highest BCUT2D eigenvalue weighted by Crippen LogP contribution is 2.31. The number of hydrogen-bond acceptors (Lipinski definition) is 5. The van der Waals surface area contributed by atoms with Crippen molar-refractivity contribution in [3.63, 3.8) is 0 Å². The van der Waals surface area contributed by atoms with Gasteiger partial charge in [0.1, 0.15) is 29.0 Å². The number of halogens is 1. The predicted molar refractivity (Wildman–Crippen MR) is 115 cm³/mol. The van der Waals surface area contributed by atoms with Crippen LogP contribution >= 0.6 is 35.6 Å². The maximum Gasteiger partial charge on any atom is 0.263 e. The van der Waals surface area contributed by atoms with Crippen LogP contribution in [0.15, 0.2) is 41.3 Å². The third-order valence-electron chi connectivity index (χ3n) is 3.84. The predicted octanol–water partition coefficient (Wildman–Crippen LogP) is 4.90. The van der Waals surface area contributed by atoms with Crippen molar-refractivity contribution in [3.8, 4) is 11.5 Å². The van der Waals surface area contributed by atoms with Gasteiger partial charge in [-0.2, -0.15) is 0 Å². The van der Waals surface area contributed by atoms with Crippen molar-refractivity contribution in [2.24, 2.45) is 0 Å². The monoisotopic (exact) mass is 419 g/mol. The van der Waals surface area contributed by atoms with Crippen LogP contribution < -0.4 is 14.8 Å². The molecule has 1 fully saturated rings. The van der Waals surface area contributed by atoms with E-state index < -0.39 is 0 Å². The van der Waals surface area contributed by atoms with Crippen molar-refractivity contribution in [1.29, 1.82) is 0 Å². The van der Waals surface area contributed by atoms with Crippen molar-refractivity contribution in [2.75, 3.05) is 13.2 Å².